The molecule has 0 spiro atoms. The molecule has 0 aliphatic carbocycles. The smallest absolute Gasteiger partial charge is 0.328 e. The van der Waals surface area contributed by atoms with Gasteiger partial charge in [0.2, 0.25) is 5.88 Å². The third-order valence-electron chi connectivity index (χ3n) is 2.75. The number of benzene rings is 1. The second-order valence-electron chi connectivity index (χ2n) is 4.16. The third kappa shape index (κ3) is 3.68. The van der Waals surface area contributed by atoms with Crippen LogP contribution in [0.3, 0.4) is 0 Å². The molecule has 2 aromatic rings. The maximum atomic E-state index is 10.4. The maximum Gasteiger partial charge on any atom is 0.328 e. The van der Waals surface area contributed by atoms with Crippen LogP contribution in [0.25, 0.3) is 6.08 Å². The van der Waals surface area contributed by atoms with E-state index in [1.54, 1.807) is 18.3 Å². The summed E-state index contributed by atoms with van der Waals surface area (Å²) in [4.78, 5) is 14.6. The number of carboxylic acid groups (broad SMARTS) is 1. The van der Waals surface area contributed by atoms with Crippen molar-refractivity contribution in [1.29, 1.82) is 0 Å². The molecule has 20 heavy (non-hydrogen) atoms. The molecule has 0 atom stereocenters. The fourth-order valence-corrected chi connectivity index (χ4v) is 1.73. The van der Waals surface area contributed by atoms with Gasteiger partial charge in [-0.2, -0.15) is 0 Å². The Morgan fingerprint density at radius 2 is 2.10 bits per heavy atom. The van der Waals surface area contributed by atoms with Crippen molar-refractivity contribution in [2.45, 2.75) is 13.3 Å². The summed E-state index contributed by atoms with van der Waals surface area (Å²) in [5.41, 5.74) is 1.83. The molecular formula is C16H15NO3. The predicted molar refractivity (Wildman–Crippen MR) is 76.8 cm³/mol. The van der Waals surface area contributed by atoms with Gasteiger partial charge in [0.05, 0.1) is 0 Å². The largest absolute Gasteiger partial charge is 0.478 e. The van der Waals surface area contributed by atoms with Crippen LogP contribution >= 0.6 is 0 Å². The Bertz CT molecular complexity index is 618. The van der Waals surface area contributed by atoms with Gasteiger partial charge >= 0.3 is 5.97 Å². The van der Waals surface area contributed by atoms with Gasteiger partial charge in [-0.1, -0.05) is 25.1 Å². The lowest BCUT2D eigenvalue weighted by Gasteiger charge is -2.08. The third-order valence-corrected chi connectivity index (χ3v) is 2.75. The number of rotatable bonds is 5. The van der Waals surface area contributed by atoms with E-state index in [2.05, 4.69) is 11.9 Å². The highest BCUT2D eigenvalue weighted by Crippen LogP contribution is 2.24. The zero-order valence-corrected chi connectivity index (χ0v) is 11.1. The van der Waals surface area contributed by atoms with Gasteiger partial charge in [0.15, 0.2) is 0 Å². The first-order valence-corrected chi connectivity index (χ1v) is 6.32. The molecule has 0 saturated carbocycles. The first kappa shape index (κ1) is 13.8. The summed E-state index contributed by atoms with van der Waals surface area (Å²) in [6.45, 7) is 2.06. The predicted octanol–water partition coefficient (Wildman–Crippen LogP) is 3.53. The Hall–Kier alpha value is -2.62. The van der Waals surface area contributed by atoms with Crippen molar-refractivity contribution in [3.05, 3.63) is 59.8 Å². The van der Waals surface area contributed by atoms with E-state index in [1.807, 2.05) is 24.3 Å². The fourth-order valence-electron chi connectivity index (χ4n) is 1.73. The molecule has 0 bridgehead atoms. The molecule has 1 aromatic heterocycles. The monoisotopic (exact) mass is 269 g/mol. The van der Waals surface area contributed by atoms with Gasteiger partial charge in [-0.3, -0.25) is 0 Å². The average Bonchev–Trinajstić information content (AvgIpc) is 2.47. The molecular weight excluding hydrogens is 254 g/mol. The molecule has 0 unspecified atom stereocenters. The van der Waals surface area contributed by atoms with Crippen LogP contribution in [-0.2, 0) is 11.2 Å². The number of hydrogen-bond acceptors (Lipinski definition) is 3. The molecule has 0 saturated heterocycles. The van der Waals surface area contributed by atoms with E-state index in [0.717, 1.165) is 23.8 Å². The fraction of sp³-hybridized carbons (Fsp3) is 0.125. The summed E-state index contributed by atoms with van der Waals surface area (Å²) < 4.78 is 5.73. The molecule has 4 nitrogen and oxygen atoms in total. The first-order valence-electron chi connectivity index (χ1n) is 6.32. The number of aromatic nitrogens is 1. The van der Waals surface area contributed by atoms with E-state index in [9.17, 15) is 4.79 Å². The van der Waals surface area contributed by atoms with Gasteiger partial charge in [-0.15, -0.1) is 0 Å². The van der Waals surface area contributed by atoms with Gasteiger partial charge in [0.25, 0.3) is 0 Å². The summed E-state index contributed by atoms with van der Waals surface area (Å²) in [5.74, 6) is 0.289. The van der Waals surface area contributed by atoms with Crippen LogP contribution in [0.1, 0.15) is 18.1 Å². The Balaban J connectivity index is 2.13. The Labute approximate surface area is 117 Å². The van der Waals surface area contributed by atoms with Crippen LogP contribution in [-0.4, -0.2) is 16.1 Å². The van der Waals surface area contributed by atoms with Gasteiger partial charge in [-0.25, -0.2) is 9.78 Å². The van der Waals surface area contributed by atoms with Crippen LogP contribution in [0.2, 0.25) is 0 Å². The van der Waals surface area contributed by atoms with E-state index < -0.39 is 5.97 Å². The molecule has 0 fully saturated rings. The molecule has 2 rings (SSSR count). The van der Waals surface area contributed by atoms with Crippen LogP contribution in [0.4, 0.5) is 0 Å². The Morgan fingerprint density at radius 3 is 2.75 bits per heavy atom. The molecule has 1 N–H and O–H groups in total. The van der Waals surface area contributed by atoms with Crippen molar-refractivity contribution in [2.24, 2.45) is 0 Å². The summed E-state index contributed by atoms with van der Waals surface area (Å²) in [5, 5.41) is 8.55. The number of ether oxygens (including phenoxy) is 1. The summed E-state index contributed by atoms with van der Waals surface area (Å²) >= 11 is 0. The van der Waals surface area contributed by atoms with Crippen molar-refractivity contribution < 1.29 is 14.6 Å². The van der Waals surface area contributed by atoms with Gasteiger partial charge in [-0.05, 0) is 35.8 Å². The van der Waals surface area contributed by atoms with E-state index in [-0.39, 0.29) is 0 Å². The normalized spacial score (nSPS) is 10.7. The molecule has 0 aliphatic heterocycles. The first-order chi connectivity index (χ1) is 9.69. The molecule has 4 heteroatoms. The summed E-state index contributed by atoms with van der Waals surface area (Å²) in [6.07, 6.45) is 5.02. The van der Waals surface area contributed by atoms with Gasteiger partial charge < -0.3 is 9.84 Å². The number of aryl methyl sites for hydroxylation is 1. The van der Waals surface area contributed by atoms with Gasteiger partial charge in [0.1, 0.15) is 5.75 Å². The lowest BCUT2D eigenvalue weighted by Crippen LogP contribution is -1.92. The maximum absolute atomic E-state index is 10.4. The van der Waals surface area contributed by atoms with Crippen LogP contribution in [0.15, 0.2) is 48.7 Å². The summed E-state index contributed by atoms with van der Waals surface area (Å²) in [6, 6.07) is 11.3. The van der Waals surface area contributed by atoms with Gasteiger partial charge in [0, 0.05) is 18.3 Å². The molecule has 1 heterocycles. The van der Waals surface area contributed by atoms with Crippen LogP contribution in [0, 0.1) is 0 Å². The highest BCUT2D eigenvalue weighted by molar-refractivity contribution is 5.85. The number of para-hydroxylation sites is 1. The lowest BCUT2D eigenvalue weighted by molar-refractivity contribution is -0.131. The minimum absolute atomic E-state index is 0.485. The molecule has 0 radical (unpaired) electrons. The highest BCUT2D eigenvalue weighted by atomic mass is 16.5. The standard InChI is InChI=1S/C16H15NO3/c1-2-13-5-3-4-6-14(13)20-15-9-7-12(11-17-15)8-10-16(18)19/h3-11H,2H2,1H3,(H,18,19)/b10-8+. The topological polar surface area (TPSA) is 59.4 Å². The lowest BCUT2D eigenvalue weighted by atomic mass is 10.1. The number of aliphatic carboxylic acids is 1. The number of carbonyl (C=O) groups is 1. The zero-order chi connectivity index (χ0) is 14.4. The SMILES string of the molecule is CCc1ccccc1Oc1ccc(/C=C/C(=O)O)cn1. The molecule has 0 amide bonds. The second kappa shape index (κ2) is 6.52. The number of nitrogens with zero attached hydrogens (tertiary/aromatic N) is 1. The van der Waals surface area contributed by atoms with Crippen molar-refractivity contribution in [2.75, 3.05) is 0 Å². The van der Waals surface area contributed by atoms with Crippen molar-refractivity contribution in [1.82, 2.24) is 4.98 Å². The molecule has 102 valence electrons. The quantitative estimate of drug-likeness (QED) is 0.843. The van der Waals surface area contributed by atoms with Crippen molar-refractivity contribution in [3.8, 4) is 11.6 Å². The second-order valence-corrected chi connectivity index (χ2v) is 4.16. The molecule has 0 aliphatic rings. The van der Waals surface area contributed by atoms with E-state index in [0.29, 0.717) is 11.4 Å². The zero-order valence-electron chi connectivity index (χ0n) is 11.1. The van der Waals surface area contributed by atoms with E-state index in [1.165, 1.54) is 6.08 Å². The molecule has 1 aromatic carbocycles. The number of hydrogen-bond donors (Lipinski definition) is 1. The van der Waals surface area contributed by atoms with Crippen LogP contribution in [0.5, 0.6) is 11.6 Å². The Morgan fingerprint density at radius 1 is 1.30 bits per heavy atom. The summed E-state index contributed by atoms with van der Waals surface area (Å²) in [7, 11) is 0. The van der Waals surface area contributed by atoms with Crippen LogP contribution < -0.4 is 4.74 Å². The highest BCUT2D eigenvalue weighted by Gasteiger charge is 2.03. The number of pyridine rings is 1. The van der Waals surface area contributed by atoms with Crippen molar-refractivity contribution >= 4 is 12.0 Å². The Kier molecular flexibility index (Phi) is 4.50. The van der Waals surface area contributed by atoms with Crippen molar-refractivity contribution in [3.63, 3.8) is 0 Å². The minimum Gasteiger partial charge on any atom is -0.478 e. The minimum atomic E-state index is -0.984. The average molecular weight is 269 g/mol. The number of carboxylic acids is 1. The van der Waals surface area contributed by atoms with E-state index in [4.69, 9.17) is 9.84 Å². The van der Waals surface area contributed by atoms with E-state index >= 15 is 0 Å².